The lowest BCUT2D eigenvalue weighted by Gasteiger charge is -2.10. The minimum atomic E-state index is 0.452. The van der Waals surface area contributed by atoms with E-state index in [2.05, 4.69) is 41.2 Å². The molecule has 16 bridgehead atoms. The average molecular weight is 1220 g/mol. The van der Waals surface area contributed by atoms with E-state index < -0.39 is 0 Å². The molecule has 0 N–H and O–H groups in total. The zero-order chi connectivity index (χ0) is 60.1. The molecule has 12 heterocycles. The third kappa shape index (κ3) is 24.8. The van der Waals surface area contributed by atoms with Gasteiger partial charge >= 0.3 is 0 Å². The number of benzene rings is 4. The van der Waals surface area contributed by atoms with Crippen LogP contribution in [0.2, 0.25) is 0 Å². The Hall–Kier alpha value is -8.40. The highest BCUT2D eigenvalue weighted by atomic mass is 16.6. The number of aryl methyl sites for hydroxylation is 4. The van der Waals surface area contributed by atoms with Gasteiger partial charge in [-0.1, -0.05) is 20.9 Å². The van der Waals surface area contributed by atoms with Crippen LogP contribution < -0.4 is 37.9 Å². The Morgan fingerprint density at radius 2 is 0.386 bits per heavy atom. The van der Waals surface area contributed by atoms with E-state index in [0.29, 0.717) is 158 Å². The molecule has 8 aliphatic rings. The first-order chi connectivity index (χ1) is 43.6. The molecular weight excluding hydrogens is 1140 g/mol. The number of rotatable bonds is 0. The molecule has 4 aromatic carbocycles. The van der Waals surface area contributed by atoms with Crippen LogP contribution in [0.5, 0.6) is 46.0 Å². The topological polar surface area (TPSA) is 252 Å². The standard InChI is InChI=1S/2C31H40N6O7/c2*1-2-26-24-36(34-32-26)12-14-41-28-4-8-30(9-5-28)43-22-20-39-18-16-38-17-19-40-21-23-44-31-10-6-29(7-11-31)42-15-13-37-25-27(3-1)33-35-37/h2*4-11,24-25H,1-3,12-23H2. The van der Waals surface area contributed by atoms with E-state index in [1.165, 1.54) is 0 Å². The predicted octanol–water partition coefficient (Wildman–Crippen LogP) is 6.05. The fraction of sp³-hybridized carbons (Fsp3) is 0.484. The molecular formula is C62H80N12O14. The van der Waals surface area contributed by atoms with Crippen LogP contribution in [0.4, 0.5) is 0 Å². The lowest BCUT2D eigenvalue weighted by atomic mass is 10.2. The molecule has 472 valence electrons. The molecule has 8 aromatic rings. The van der Waals surface area contributed by atoms with Crippen LogP contribution >= 0.6 is 0 Å². The van der Waals surface area contributed by atoms with Gasteiger partial charge in [0.1, 0.15) is 98.9 Å². The zero-order valence-corrected chi connectivity index (χ0v) is 49.8. The number of nitrogens with zero attached hydrogens (tertiary/aromatic N) is 12. The molecule has 0 unspecified atom stereocenters. The Kier molecular flexibility index (Phi) is 27.7. The molecule has 26 nitrogen and oxygen atoms in total. The van der Waals surface area contributed by atoms with Gasteiger partial charge in [-0.3, -0.25) is 0 Å². The lowest BCUT2D eigenvalue weighted by molar-refractivity contribution is 0.00498. The first kappa shape index (κ1) is 64.1. The smallest absolute Gasteiger partial charge is 0.119 e. The molecule has 0 spiro atoms. The summed E-state index contributed by atoms with van der Waals surface area (Å²) >= 11 is 0. The van der Waals surface area contributed by atoms with Crippen LogP contribution in [-0.4, -0.2) is 192 Å². The molecule has 0 saturated carbocycles. The molecule has 0 amide bonds. The van der Waals surface area contributed by atoms with Crippen LogP contribution in [0.15, 0.2) is 122 Å². The van der Waals surface area contributed by atoms with E-state index in [4.69, 9.17) is 66.3 Å². The number of hydrogen-bond acceptors (Lipinski definition) is 22. The van der Waals surface area contributed by atoms with Crippen LogP contribution in [0.25, 0.3) is 0 Å². The van der Waals surface area contributed by atoms with Crippen molar-refractivity contribution < 1.29 is 66.3 Å². The highest BCUT2D eigenvalue weighted by Gasteiger charge is 2.10. The molecule has 8 aliphatic heterocycles. The maximum absolute atomic E-state index is 5.86. The zero-order valence-electron chi connectivity index (χ0n) is 49.8. The first-order valence-electron chi connectivity index (χ1n) is 30.1. The first-order valence-corrected chi connectivity index (χ1v) is 30.1. The van der Waals surface area contributed by atoms with Crippen molar-refractivity contribution in [2.24, 2.45) is 0 Å². The normalized spacial score (nSPS) is 17.1. The van der Waals surface area contributed by atoms with Gasteiger partial charge in [-0.15, -0.1) is 20.4 Å². The summed E-state index contributed by atoms with van der Waals surface area (Å²) in [4.78, 5) is 0. The van der Waals surface area contributed by atoms with Crippen molar-refractivity contribution in [1.29, 1.82) is 0 Å². The van der Waals surface area contributed by atoms with Gasteiger partial charge in [0.2, 0.25) is 0 Å². The van der Waals surface area contributed by atoms with Gasteiger partial charge in [0, 0.05) is 24.8 Å². The number of aromatic nitrogens is 12. The summed E-state index contributed by atoms with van der Waals surface area (Å²) in [7, 11) is 0. The maximum atomic E-state index is 5.86. The van der Waals surface area contributed by atoms with Crippen molar-refractivity contribution in [2.45, 2.75) is 64.7 Å². The molecule has 26 heteroatoms. The Morgan fingerprint density at radius 3 is 0.580 bits per heavy atom. The van der Waals surface area contributed by atoms with Crippen LogP contribution in [0.1, 0.15) is 35.6 Å². The second kappa shape index (κ2) is 38.0. The van der Waals surface area contributed by atoms with E-state index in [0.717, 1.165) is 107 Å². The summed E-state index contributed by atoms with van der Waals surface area (Å²) in [6.45, 7) is 12.0. The molecule has 0 aliphatic carbocycles. The molecule has 16 rings (SSSR count). The van der Waals surface area contributed by atoms with Crippen LogP contribution in [-0.2, 0) is 80.3 Å². The van der Waals surface area contributed by atoms with E-state index in [-0.39, 0.29) is 0 Å². The van der Waals surface area contributed by atoms with Crippen LogP contribution in [0.3, 0.4) is 0 Å². The third-order valence-corrected chi connectivity index (χ3v) is 13.2. The monoisotopic (exact) mass is 1220 g/mol. The van der Waals surface area contributed by atoms with Crippen molar-refractivity contribution in [3.05, 3.63) is 145 Å². The molecule has 0 atom stereocenters. The Labute approximate surface area is 512 Å². The average Bonchev–Trinajstić information content (AvgIpc) is 4.42. The van der Waals surface area contributed by atoms with E-state index >= 15 is 0 Å². The van der Waals surface area contributed by atoms with Gasteiger partial charge in [0.05, 0.1) is 128 Å². The van der Waals surface area contributed by atoms with Crippen molar-refractivity contribution >= 4 is 0 Å². The van der Waals surface area contributed by atoms with Gasteiger partial charge < -0.3 is 66.3 Å². The Bertz CT molecular complexity index is 2700. The van der Waals surface area contributed by atoms with Gasteiger partial charge in [0.15, 0.2) is 0 Å². The number of hydrogen-bond donors (Lipinski definition) is 0. The van der Waals surface area contributed by atoms with Gasteiger partial charge in [0.25, 0.3) is 0 Å². The van der Waals surface area contributed by atoms with Crippen molar-refractivity contribution in [1.82, 2.24) is 60.0 Å². The number of ether oxygens (including phenoxy) is 14. The van der Waals surface area contributed by atoms with Crippen molar-refractivity contribution in [3.8, 4) is 46.0 Å². The second-order valence-corrected chi connectivity index (χ2v) is 19.9. The third-order valence-electron chi connectivity index (χ3n) is 13.2. The molecule has 0 fully saturated rings. The fourth-order valence-electron chi connectivity index (χ4n) is 8.66. The summed E-state index contributed by atoms with van der Waals surface area (Å²) in [6.07, 6.45) is 12.9. The molecule has 0 saturated heterocycles. The van der Waals surface area contributed by atoms with Gasteiger partial charge in [-0.25, -0.2) is 18.7 Å². The molecule has 88 heavy (non-hydrogen) atoms. The molecule has 0 radical (unpaired) electrons. The summed E-state index contributed by atoms with van der Waals surface area (Å²) in [5.41, 5.74) is 3.77. The van der Waals surface area contributed by atoms with E-state index in [1.807, 2.05) is 122 Å². The highest BCUT2D eigenvalue weighted by Crippen LogP contribution is 2.21. The summed E-state index contributed by atoms with van der Waals surface area (Å²) in [5.74, 6) is 6.11. The summed E-state index contributed by atoms with van der Waals surface area (Å²) in [6, 6.07) is 30.2. The molecule has 4 aromatic heterocycles. The maximum Gasteiger partial charge on any atom is 0.119 e. The fourth-order valence-corrected chi connectivity index (χ4v) is 8.66. The second-order valence-electron chi connectivity index (χ2n) is 19.9. The lowest BCUT2D eigenvalue weighted by Crippen LogP contribution is -2.14. The van der Waals surface area contributed by atoms with Crippen molar-refractivity contribution in [3.63, 3.8) is 0 Å². The van der Waals surface area contributed by atoms with E-state index in [9.17, 15) is 0 Å². The Balaban J connectivity index is 0.000000209. The minimum absolute atomic E-state index is 0.452. The largest absolute Gasteiger partial charge is 0.492 e. The minimum Gasteiger partial charge on any atom is -0.492 e. The van der Waals surface area contributed by atoms with E-state index in [1.54, 1.807) is 18.7 Å². The van der Waals surface area contributed by atoms with Crippen LogP contribution in [0, 0.1) is 0 Å². The van der Waals surface area contributed by atoms with Crippen molar-refractivity contribution in [2.75, 3.05) is 132 Å². The summed E-state index contributed by atoms with van der Waals surface area (Å²) < 4.78 is 87.0. The predicted molar refractivity (Wildman–Crippen MR) is 319 cm³/mol. The van der Waals surface area contributed by atoms with Gasteiger partial charge in [-0.2, -0.15) is 0 Å². The summed E-state index contributed by atoms with van der Waals surface area (Å²) in [5, 5.41) is 34.1. The van der Waals surface area contributed by atoms with Gasteiger partial charge in [-0.05, 0) is 136 Å². The Morgan fingerprint density at radius 1 is 0.216 bits per heavy atom. The highest BCUT2D eigenvalue weighted by molar-refractivity contribution is 5.33. The quantitative estimate of drug-likeness (QED) is 0.168. The SMILES string of the molecule is c1cc2ccc1OCCOCCOCCOCCOc1ccc(cc1)OCCn1cc(nn1)CCCc1cn(nn1)CCO2.c1cc2ccc1OCCOCCOCCOCCOc1ccc(cc1)OCCn1cc(nn1)CCCc1cn(nn1)CCO2.